The summed E-state index contributed by atoms with van der Waals surface area (Å²) in [5, 5.41) is 11.5. The van der Waals surface area contributed by atoms with E-state index >= 15 is 0 Å². The third kappa shape index (κ3) is 3.80. The van der Waals surface area contributed by atoms with Crippen molar-refractivity contribution < 1.29 is 23.1 Å². The lowest BCUT2D eigenvalue weighted by molar-refractivity contribution is -0.116. The Bertz CT molecular complexity index is 871. The summed E-state index contributed by atoms with van der Waals surface area (Å²) < 4.78 is 28.5. The number of hydrogen-bond acceptors (Lipinski definition) is 4. The standard InChI is InChI=1S/C15H17N3O5S/c1-9-6-12(4-5-13(9)15(20)21)16-14(19)8-18-11(3)7-10(2)17-24(18,22)23/h4-7H,8H2,1-3H3,(H,16,19)(H,20,21). The molecule has 0 unspecified atom stereocenters. The Kier molecular flexibility index (Phi) is 4.74. The van der Waals surface area contributed by atoms with Crippen LogP contribution in [0.4, 0.5) is 5.69 Å². The summed E-state index contributed by atoms with van der Waals surface area (Å²) in [5.74, 6) is -1.61. The molecular formula is C15H17N3O5S. The van der Waals surface area contributed by atoms with Gasteiger partial charge in [0.25, 0.3) is 0 Å². The van der Waals surface area contributed by atoms with E-state index in [-0.39, 0.29) is 5.56 Å². The molecule has 1 aliphatic rings. The second kappa shape index (κ2) is 6.44. The van der Waals surface area contributed by atoms with Crippen molar-refractivity contribution in [3.8, 4) is 0 Å². The highest BCUT2D eigenvalue weighted by Gasteiger charge is 2.27. The first kappa shape index (κ1) is 17.7. The molecule has 1 heterocycles. The van der Waals surface area contributed by atoms with E-state index < -0.39 is 28.6 Å². The minimum Gasteiger partial charge on any atom is -0.478 e. The van der Waals surface area contributed by atoms with E-state index in [1.54, 1.807) is 26.8 Å². The van der Waals surface area contributed by atoms with Crippen molar-refractivity contribution in [2.75, 3.05) is 11.9 Å². The number of carbonyl (C=O) groups excluding carboxylic acids is 1. The number of anilines is 1. The van der Waals surface area contributed by atoms with Crippen molar-refractivity contribution in [3.63, 3.8) is 0 Å². The van der Waals surface area contributed by atoms with Crippen molar-refractivity contribution in [2.24, 2.45) is 4.40 Å². The SMILES string of the molecule is CC1=CC(C)=NS(=O)(=O)N1CC(=O)Nc1ccc(C(=O)O)c(C)c1. The monoisotopic (exact) mass is 351 g/mol. The van der Waals surface area contributed by atoms with Gasteiger partial charge in [0.1, 0.15) is 6.54 Å². The van der Waals surface area contributed by atoms with Crippen molar-refractivity contribution in [3.05, 3.63) is 41.1 Å². The third-order valence-electron chi connectivity index (χ3n) is 3.38. The predicted molar refractivity (Wildman–Crippen MR) is 89.3 cm³/mol. The van der Waals surface area contributed by atoms with Crippen LogP contribution in [0.1, 0.15) is 29.8 Å². The predicted octanol–water partition coefficient (Wildman–Crippen LogP) is 1.56. The van der Waals surface area contributed by atoms with Crippen molar-refractivity contribution in [1.82, 2.24) is 4.31 Å². The van der Waals surface area contributed by atoms with Gasteiger partial charge in [0.15, 0.2) is 0 Å². The summed E-state index contributed by atoms with van der Waals surface area (Å²) in [6.45, 7) is 4.33. The van der Waals surface area contributed by atoms with Crippen molar-refractivity contribution in [1.29, 1.82) is 0 Å². The van der Waals surface area contributed by atoms with Gasteiger partial charge in [-0.1, -0.05) is 0 Å². The molecule has 0 atom stereocenters. The van der Waals surface area contributed by atoms with E-state index in [9.17, 15) is 18.0 Å². The van der Waals surface area contributed by atoms with Gasteiger partial charge in [-0.05, 0) is 50.6 Å². The van der Waals surface area contributed by atoms with Gasteiger partial charge < -0.3 is 10.4 Å². The quantitative estimate of drug-likeness (QED) is 0.854. The molecule has 9 heteroatoms. The fraction of sp³-hybridized carbons (Fsp3) is 0.267. The average molecular weight is 351 g/mol. The number of amides is 1. The van der Waals surface area contributed by atoms with Gasteiger partial charge >= 0.3 is 16.2 Å². The molecule has 1 aromatic rings. The summed E-state index contributed by atoms with van der Waals surface area (Å²) >= 11 is 0. The largest absolute Gasteiger partial charge is 0.478 e. The van der Waals surface area contributed by atoms with Gasteiger partial charge in [-0.2, -0.15) is 8.42 Å². The zero-order chi connectivity index (χ0) is 18.1. The highest BCUT2D eigenvalue weighted by Crippen LogP contribution is 2.19. The Morgan fingerprint density at radius 2 is 1.92 bits per heavy atom. The van der Waals surface area contributed by atoms with Crippen molar-refractivity contribution >= 4 is 33.5 Å². The van der Waals surface area contributed by atoms with Crippen LogP contribution in [0.2, 0.25) is 0 Å². The normalized spacial score (nSPS) is 16.2. The molecule has 0 aliphatic carbocycles. The van der Waals surface area contributed by atoms with Crippen LogP contribution in [0, 0.1) is 6.92 Å². The van der Waals surface area contributed by atoms with E-state index in [1.807, 2.05) is 0 Å². The summed E-state index contributed by atoms with van der Waals surface area (Å²) in [6.07, 6.45) is 1.57. The maximum atomic E-state index is 12.1. The molecule has 128 valence electrons. The number of benzene rings is 1. The third-order valence-corrected chi connectivity index (χ3v) is 4.87. The fourth-order valence-electron chi connectivity index (χ4n) is 2.33. The molecular weight excluding hydrogens is 334 g/mol. The molecule has 0 aromatic heterocycles. The van der Waals surface area contributed by atoms with E-state index in [0.29, 0.717) is 22.7 Å². The molecule has 0 bridgehead atoms. The lowest BCUT2D eigenvalue weighted by Gasteiger charge is -2.24. The fourth-order valence-corrected chi connectivity index (χ4v) is 3.54. The zero-order valence-corrected chi connectivity index (χ0v) is 14.2. The Labute approximate surface area is 139 Å². The second-order valence-corrected chi connectivity index (χ2v) is 6.90. The van der Waals surface area contributed by atoms with Crippen LogP contribution in [0.15, 0.2) is 34.4 Å². The van der Waals surface area contributed by atoms with Crippen LogP contribution < -0.4 is 5.32 Å². The maximum Gasteiger partial charge on any atom is 0.345 e. The number of hydrogen-bond donors (Lipinski definition) is 2. The molecule has 0 saturated carbocycles. The number of allylic oxidation sites excluding steroid dienone is 2. The van der Waals surface area contributed by atoms with Crippen LogP contribution in [-0.2, 0) is 15.0 Å². The summed E-state index contributed by atoms with van der Waals surface area (Å²) in [6, 6.07) is 4.34. The van der Waals surface area contributed by atoms with Crippen LogP contribution in [-0.4, -0.2) is 42.0 Å². The molecule has 2 rings (SSSR count). The second-order valence-electron chi connectivity index (χ2n) is 5.39. The highest BCUT2D eigenvalue weighted by molar-refractivity contribution is 7.88. The molecule has 1 amide bonds. The molecule has 24 heavy (non-hydrogen) atoms. The Balaban J connectivity index is 2.13. The highest BCUT2D eigenvalue weighted by atomic mass is 32.2. The zero-order valence-electron chi connectivity index (χ0n) is 13.4. The summed E-state index contributed by atoms with van der Waals surface area (Å²) in [5.41, 5.74) is 1.76. The Hall–Kier alpha value is -2.68. The summed E-state index contributed by atoms with van der Waals surface area (Å²) in [4.78, 5) is 23.1. The van der Waals surface area contributed by atoms with Crippen LogP contribution >= 0.6 is 0 Å². The minimum absolute atomic E-state index is 0.134. The van der Waals surface area contributed by atoms with E-state index in [4.69, 9.17) is 5.11 Å². The number of aromatic carboxylic acids is 1. The van der Waals surface area contributed by atoms with Gasteiger partial charge in [0.2, 0.25) is 5.91 Å². The number of aryl methyl sites for hydroxylation is 1. The molecule has 8 nitrogen and oxygen atoms in total. The van der Waals surface area contributed by atoms with E-state index in [2.05, 4.69) is 9.71 Å². The van der Waals surface area contributed by atoms with Gasteiger partial charge in [-0.25, -0.2) is 9.10 Å². The minimum atomic E-state index is -3.92. The van der Waals surface area contributed by atoms with Gasteiger partial charge in [0.05, 0.1) is 11.3 Å². The molecule has 1 aliphatic heterocycles. The molecule has 2 N–H and O–H groups in total. The lowest BCUT2D eigenvalue weighted by atomic mass is 10.1. The first-order chi connectivity index (χ1) is 11.1. The smallest absolute Gasteiger partial charge is 0.345 e. The molecule has 0 radical (unpaired) electrons. The first-order valence-corrected chi connectivity index (χ1v) is 8.41. The van der Waals surface area contributed by atoms with E-state index in [0.717, 1.165) is 4.31 Å². The topological polar surface area (TPSA) is 116 Å². The van der Waals surface area contributed by atoms with Crippen LogP contribution in [0.3, 0.4) is 0 Å². The number of nitrogens with one attached hydrogen (secondary N) is 1. The molecule has 0 spiro atoms. The number of carboxylic acids is 1. The molecule has 0 saturated heterocycles. The first-order valence-electron chi connectivity index (χ1n) is 7.01. The van der Waals surface area contributed by atoms with Gasteiger partial charge in [-0.3, -0.25) is 4.79 Å². The van der Waals surface area contributed by atoms with E-state index in [1.165, 1.54) is 18.2 Å². The maximum absolute atomic E-state index is 12.1. The number of carbonyl (C=O) groups is 2. The lowest BCUT2D eigenvalue weighted by Crippen LogP contribution is -2.37. The number of carboxylic acid groups (broad SMARTS) is 1. The molecule has 1 aromatic carbocycles. The van der Waals surface area contributed by atoms with Crippen molar-refractivity contribution in [2.45, 2.75) is 20.8 Å². The van der Waals surface area contributed by atoms with Crippen LogP contribution in [0.25, 0.3) is 0 Å². The molecule has 0 fully saturated rings. The number of nitrogens with zero attached hydrogens (tertiary/aromatic N) is 2. The Morgan fingerprint density at radius 1 is 1.25 bits per heavy atom. The number of rotatable bonds is 4. The van der Waals surface area contributed by atoms with Gasteiger partial charge in [0, 0.05) is 11.4 Å². The van der Waals surface area contributed by atoms with Crippen LogP contribution in [0.5, 0.6) is 0 Å². The average Bonchev–Trinajstić information content (AvgIpc) is 2.41. The Morgan fingerprint density at radius 3 is 2.46 bits per heavy atom. The summed E-state index contributed by atoms with van der Waals surface area (Å²) in [7, 11) is -3.92. The van der Waals surface area contributed by atoms with Gasteiger partial charge in [-0.15, -0.1) is 4.40 Å².